The minimum absolute atomic E-state index is 0.0766. The zero-order valence-corrected chi connectivity index (χ0v) is 12.2. The number of hydrogen-bond acceptors (Lipinski definition) is 4. The first kappa shape index (κ1) is 16.9. The lowest BCUT2D eigenvalue weighted by Gasteiger charge is -2.24. The molecule has 0 saturated carbocycles. The Hall–Kier alpha value is -1.11. The van der Waals surface area contributed by atoms with Crippen molar-refractivity contribution < 1.29 is 23.1 Å². The lowest BCUT2D eigenvalue weighted by molar-refractivity contribution is -0.142. The summed E-state index contributed by atoms with van der Waals surface area (Å²) in [5.41, 5.74) is 0. The number of sulfone groups is 1. The van der Waals surface area contributed by atoms with Gasteiger partial charge >= 0.3 is 5.97 Å². The minimum atomic E-state index is -3.61. The number of hydrogen-bond donors (Lipinski definition) is 2. The van der Waals surface area contributed by atoms with Gasteiger partial charge in [0.05, 0.1) is 0 Å². The number of nitrogens with one attached hydrogen (secondary N) is 1. The van der Waals surface area contributed by atoms with Crippen molar-refractivity contribution in [1.82, 2.24) is 5.32 Å². The highest BCUT2D eigenvalue weighted by Gasteiger charge is 2.40. The van der Waals surface area contributed by atoms with E-state index in [4.69, 9.17) is 5.11 Å². The molecule has 0 heterocycles. The molecule has 0 bridgehead atoms. The molecule has 0 aromatic heterocycles. The molecule has 1 unspecified atom stereocenters. The van der Waals surface area contributed by atoms with Crippen molar-refractivity contribution >= 4 is 21.7 Å². The van der Waals surface area contributed by atoms with Crippen LogP contribution >= 0.6 is 0 Å². The van der Waals surface area contributed by atoms with Gasteiger partial charge in [-0.15, -0.1) is 0 Å². The number of carbonyl (C=O) groups is 2. The van der Waals surface area contributed by atoms with Crippen molar-refractivity contribution in [2.75, 3.05) is 6.26 Å². The molecule has 6 nitrogen and oxygen atoms in total. The van der Waals surface area contributed by atoms with Crippen molar-refractivity contribution in [3.63, 3.8) is 0 Å². The fourth-order valence-electron chi connectivity index (χ4n) is 1.19. The molecule has 0 aromatic carbocycles. The van der Waals surface area contributed by atoms with Gasteiger partial charge in [-0.3, -0.25) is 4.79 Å². The summed E-state index contributed by atoms with van der Waals surface area (Å²) >= 11 is 0. The molecular formula is C11H21NO5S. The predicted molar refractivity (Wildman–Crippen MR) is 67.9 cm³/mol. The number of rotatable bonds is 6. The van der Waals surface area contributed by atoms with Crippen LogP contribution in [0.3, 0.4) is 0 Å². The van der Waals surface area contributed by atoms with Gasteiger partial charge in [0.1, 0.15) is 10.8 Å². The van der Waals surface area contributed by atoms with E-state index in [1.807, 2.05) is 13.8 Å². The normalized spacial score (nSPS) is 14.3. The molecule has 0 spiro atoms. The van der Waals surface area contributed by atoms with E-state index in [-0.39, 0.29) is 12.3 Å². The Morgan fingerprint density at radius 1 is 1.28 bits per heavy atom. The van der Waals surface area contributed by atoms with Crippen LogP contribution in [0.1, 0.15) is 34.1 Å². The van der Waals surface area contributed by atoms with Gasteiger partial charge in [0, 0.05) is 6.26 Å². The highest BCUT2D eigenvalue weighted by Crippen LogP contribution is 2.16. The summed E-state index contributed by atoms with van der Waals surface area (Å²) in [7, 11) is -3.61. The molecule has 1 atom stereocenters. The Morgan fingerprint density at radius 2 is 1.72 bits per heavy atom. The molecule has 1 amide bonds. The first-order valence-electron chi connectivity index (χ1n) is 5.63. The average molecular weight is 279 g/mol. The molecule has 0 aliphatic carbocycles. The Bertz CT molecular complexity index is 425. The molecule has 0 radical (unpaired) electrons. The molecule has 0 aromatic rings. The quantitative estimate of drug-likeness (QED) is 0.734. The summed E-state index contributed by atoms with van der Waals surface area (Å²) < 4.78 is 21.3. The highest BCUT2D eigenvalue weighted by molar-refractivity contribution is 7.92. The average Bonchev–Trinajstić information content (AvgIpc) is 2.13. The van der Waals surface area contributed by atoms with E-state index in [0.29, 0.717) is 0 Å². The van der Waals surface area contributed by atoms with E-state index < -0.39 is 32.5 Å². The number of amides is 1. The topological polar surface area (TPSA) is 101 Å². The molecule has 2 N–H and O–H groups in total. The number of carbonyl (C=O) groups excluding carboxylic acids is 1. The Morgan fingerprint density at radius 3 is 2.00 bits per heavy atom. The van der Waals surface area contributed by atoms with E-state index in [1.54, 1.807) is 0 Å². The maximum absolute atomic E-state index is 11.9. The minimum Gasteiger partial charge on any atom is -0.480 e. The van der Waals surface area contributed by atoms with Crippen LogP contribution in [0.4, 0.5) is 0 Å². The van der Waals surface area contributed by atoms with Gasteiger partial charge in [0.2, 0.25) is 5.91 Å². The fraction of sp³-hybridized carbons (Fsp3) is 0.818. The third-order valence-corrected chi connectivity index (χ3v) is 4.82. The van der Waals surface area contributed by atoms with Crippen LogP contribution in [-0.2, 0) is 19.4 Å². The number of aliphatic carboxylic acids is 1. The van der Waals surface area contributed by atoms with Gasteiger partial charge < -0.3 is 10.4 Å². The SMILES string of the molecule is CC(C)CC(NC(=O)C(C)(C)S(C)(=O)=O)C(=O)O. The zero-order valence-electron chi connectivity index (χ0n) is 11.4. The smallest absolute Gasteiger partial charge is 0.326 e. The molecule has 0 aliphatic heterocycles. The van der Waals surface area contributed by atoms with E-state index in [0.717, 1.165) is 6.26 Å². The van der Waals surface area contributed by atoms with Crippen LogP contribution < -0.4 is 5.32 Å². The summed E-state index contributed by atoms with van der Waals surface area (Å²) in [5.74, 6) is -1.88. The zero-order chi connectivity index (χ0) is 14.7. The third kappa shape index (κ3) is 4.29. The highest BCUT2D eigenvalue weighted by atomic mass is 32.2. The van der Waals surface area contributed by atoms with Crippen LogP contribution in [0.2, 0.25) is 0 Å². The lowest BCUT2D eigenvalue weighted by atomic mass is 10.0. The van der Waals surface area contributed by atoms with E-state index in [1.165, 1.54) is 13.8 Å². The van der Waals surface area contributed by atoms with Gasteiger partial charge in [0.25, 0.3) is 0 Å². The molecule has 18 heavy (non-hydrogen) atoms. The lowest BCUT2D eigenvalue weighted by Crippen LogP contribution is -2.53. The summed E-state index contributed by atoms with van der Waals surface area (Å²) in [5, 5.41) is 11.3. The van der Waals surface area contributed by atoms with E-state index in [9.17, 15) is 18.0 Å². The molecule has 0 rings (SSSR count). The van der Waals surface area contributed by atoms with Gasteiger partial charge in [-0.05, 0) is 26.2 Å². The molecule has 106 valence electrons. The van der Waals surface area contributed by atoms with Gasteiger partial charge in [-0.2, -0.15) is 0 Å². The third-order valence-electron chi connectivity index (χ3n) is 2.78. The van der Waals surface area contributed by atoms with Crippen molar-refractivity contribution in [2.24, 2.45) is 5.92 Å². The summed E-state index contributed by atoms with van der Waals surface area (Å²) in [6, 6.07) is -1.07. The largest absolute Gasteiger partial charge is 0.480 e. The molecule has 7 heteroatoms. The maximum atomic E-state index is 11.9. The van der Waals surface area contributed by atoms with Gasteiger partial charge in [-0.25, -0.2) is 13.2 Å². The van der Waals surface area contributed by atoms with Gasteiger partial charge in [-0.1, -0.05) is 13.8 Å². The van der Waals surface area contributed by atoms with Crippen molar-refractivity contribution in [2.45, 2.75) is 44.9 Å². The molecule has 0 fully saturated rings. The second-order valence-electron chi connectivity index (χ2n) is 5.28. The van der Waals surface area contributed by atoms with Crippen molar-refractivity contribution in [3.8, 4) is 0 Å². The van der Waals surface area contributed by atoms with Crippen LogP contribution in [0.5, 0.6) is 0 Å². The first-order chi connectivity index (χ1) is 7.89. The Kier molecular flexibility index (Phi) is 5.34. The summed E-state index contributed by atoms with van der Waals surface area (Å²) in [6.45, 7) is 6.16. The number of carboxylic acids is 1. The fourth-order valence-corrected chi connectivity index (χ4v) is 1.59. The number of carboxylic acid groups (broad SMARTS) is 1. The monoisotopic (exact) mass is 279 g/mol. The summed E-state index contributed by atoms with van der Waals surface area (Å²) in [4.78, 5) is 22.8. The Labute approximate surface area is 108 Å². The van der Waals surface area contributed by atoms with Crippen molar-refractivity contribution in [3.05, 3.63) is 0 Å². The second-order valence-corrected chi connectivity index (χ2v) is 7.84. The molecule has 0 saturated heterocycles. The van der Waals surface area contributed by atoms with Crippen LogP contribution in [-0.4, -0.2) is 42.4 Å². The second kappa shape index (κ2) is 5.69. The molecular weight excluding hydrogens is 258 g/mol. The van der Waals surface area contributed by atoms with Gasteiger partial charge in [0.15, 0.2) is 9.84 Å². The molecule has 0 aliphatic rings. The van der Waals surface area contributed by atoms with E-state index in [2.05, 4.69) is 5.32 Å². The van der Waals surface area contributed by atoms with E-state index >= 15 is 0 Å². The van der Waals surface area contributed by atoms with Crippen LogP contribution in [0.25, 0.3) is 0 Å². The summed E-state index contributed by atoms with van der Waals surface area (Å²) in [6.07, 6.45) is 1.20. The standard InChI is InChI=1S/C11H21NO5S/c1-7(2)6-8(9(13)14)12-10(15)11(3,4)18(5,16)17/h7-8H,6H2,1-5H3,(H,12,15)(H,13,14). The van der Waals surface area contributed by atoms with Crippen LogP contribution in [0, 0.1) is 5.92 Å². The van der Waals surface area contributed by atoms with Crippen molar-refractivity contribution in [1.29, 1.82) is 0 Å². The van der Waals surface area contributed by atoms with Crippen LogP contribution in [0.15, 0.2) is 0 Å². The first-order valence-corrected chi connectivity index (χ1v) is 7.52. The predicted octanol–water partition coefficient (Wildman–Crippen LogP) is 0.425. The Balaban J connectivity index is 4.98. The maximum Gasteiger partial charge on any atom is 0.326 e.